The van der Waals surface area contributed by atoms with Gasteiger partial charge in [-0.1, -0.05) is 46.5 Å². The Balaban J connectivity index is 2.08. The molecule has 0 heterocycles. The summed E-state index contributed by atoms with van der Waals surface area (Å²) < 4.78 is 0. The zero-order valence-electron chi connectivity index (χ0n) is 15.2. The lowest BCUT2D eigenvalue weighted by molar-refractivity contribution is -0.108. The maximum absolute atomic E-state index is 12.7. The van der Waals surface area contributed by atoms with Crippen LogP contribution in [0.3, 0.4) is 0 Å². The average molecular weight is 392 g/mol. The fraction of sp³-hybridized carbons (Fsp3) is 0.333. The van der Waals surface area contributed by atoms with Crippen LogP contribution in [-0.4, -0.2) is 24.7 Å². The van der Waals surface area contributed by atoms with Gasteiger partial charge in [0.05, 0.1) is 16.1 Å². The number of aldehydes is 1. The zero-order chi connectivity index (χ0) is 19.3. The molecule has 0 aliphatic heterocycles. The summed E-state index contributed by atoms with van der Waals surface area (Å²) in [7, 11) is 0. The molecular formula is C21H23Cl2NO2. The SMILES string of the molecule is Cc1cc(C)cc(C(=O)C(C)NCC(CC=O)c2ccc(Cl)c(Cl)c2)c1. The molecule has 2 aromatic carbocycles. The molecule has 2 rings (SSSR count). The summed E-state index contributed by atoms with van der Waals surface area (Å²) >= 11 is 12.0. The van der Waals surface area contributed by atoms with E-state index in [1.54, 1.807) is 12.1 Å². The number of carbonyl (C=O) groups is 2. The minimum atomic E-state index is -0.354. The van der Waals surface area contributed by atoms with Crippen LogP contribution in [0, 0.1) is 13.8 Å². The van der Waals surface area contributed by atoms with E-state index in [-0.39, 0.29) is 17.7 Å². The number of ketones is 1. The highest BCUT2D eigenvalue weighted by Gasteiger charge is 2.19. The Bertz CT molecular complexity index is 784. The Morgan fingerprint density at radius 1 is 1.08 bits per heavy atom. The Morgan fingerprint density at radius 2 is 1.73 bits per heavy atom. The van der Waals surface area contributed by atoms with Crippen LogP contribution in [0.15, 0.2) is 36.4 Å². The van der Waals surface area contributed by atoms with Gasteiger partial charge < -0.3 is 10.1 Å². The average Bonchev–Trinajstić information content (AvgIpc) is 2.59. The number of halogens is 2. The molecule has 0 radical (unpaired) electrons. The molecular weight excluding hydrogens is 369 g/mol. The van der Waals surface area contributed by atoms with Crippen LogP contribution in [0.1, 0.15) is 46.3 Å². The van der Waals surface area contributed by atoms with Crippen molar-refractivity contribution < 1.29 is 9.59 Å². The van der Waals surface area contributed by atoms with Crippen molar-refractivity contribution in [3.8, 4) is 0 Å². The molecule has 2 unspecified atom stereocenters. The summed E-state index contributed by atoms with van der Waals surface area (Å²) in [5.74, 6) is -0.0347. The first-order valence-electron chi connectivity index (χ1n) is 8.56. The minimum Gasteiger partial charge on any atom is -0.307 e. The van der Waals surface area contributed by atoms with E-state index in [2.05, 4.69) is 5.32 Å². The lowest BCUT2D eigenvalue weighted by Crippen LogP contribution is -2.37. The van der Waals surface area contributed by atoms with E-state index < -0.39 is 0 Å². The van der Waals surface area contributed by atoms with Crippen LogP contribution in [-0.2, 0) is 4.79 Å². The highest BCUT2D eigenvalue weighted by Crippen LogP contribution is 2.27. The van der Waals surface area contributed by atoms with Gasteiger partial charge in [0, 0.05) is 24.4 Å². The van der Waals surface area contributed by atoms with E-state index in [0.29, 0.717) is 28.6 Å². The first-order chi connectivity index (χ1) is 12.3. The molecule has 3 nitrogen and oxygen atoms in total. The van der Waals surface area contributed by atoms with Crippen molar-refractivity contribution in [3.05, 3.63) is 68.7 Å². The lowest BCUT2D eigenvalue weighted by atomic mass is 9.95. The quantitative estimate of drug-likeness (QED) is 0.500. The molecule has 0 saturated carbocycles. The molecule has 0 amide bonds. The van der Waals surface area contributed by atoms with Gasteiger partial charge in [-0.3, -0.25) is 4.79 Å². The normalized spacial score (nSPS) is 13.3. The third-order valence-electron chi connectivity index (χ3n) is 4.37. The highest BCUT2D eigenvalue weighted by atomic mass is 35.5. The van der Waals surface area contributed by atoms with E-state index in [1.165, 1.54) is 0 Å². The van der Waals surface area contributed by atoms with Crippen LogP contribution in [0.5, 0.6) is 0 Å². The Labute approximate surface area is 164 Å². The van der Waals surface area contributed by atoms with Crippen molar-refractivity contribution in [3.63, 3.8) is 0 Å². The van der Waals surface area contributed by atoms with Crippen LogP contribution in [0.2, 0.25) is 10.0 Å². The topological polar surface area (TPSA) is 46.2 Å². The minimum absolute atomic E-state index is 0.0378. The van der Waals surface area contributed by atoms with Crippen LogP contribution in [0.4, 0.5) is 0 Å². The molecule has 2 atom stereocenters. The van der Waals surface area contributed by atoms with Crippen molar-refractivity contribution in [2.24, 2.45) is 0 Å². The molecule has 0 fully saturated rings. The number of nitrogens with one attached hydrogen (secondary N) is 1. The molecule has 0 aromatic heterocycles. The first-order valence-corrected chi connectivity index (χ1v) is 9.32. The van der Waals surface area contributed by atoms with Gasteiger partial charge in [0.1, 0.15) is 6.29 Å². The van der Waals surface area contributed by atoms with Crippen molar-refractivity contribution in [1.82, 2.24) is 5.32 Å². The maximum atomic E-state index is 12.7. The van der Waals surface area contributed by atoms with Gasteiger partial charge in [-0.15, -0.1) is 0 Å². The van der Waals surface area contributed by atoms with Gasteiger partial charge in [-0.05, 0) is 50.6 Å². The molecule has 0 bridgehead atoms. The van der Waals surface area contributed by atoms with Gasteiger partial charge in [-0.25, -0.2) is 0 Å². The Kier molecular flexibility index (Phi) is 7.39. The standard InChI is InChI=1S/C21H23Cl2NO2/c1-13-8-14(2)10-18(9-13)21(26)15(3)24-12-17(6-7-25)16-4-5-19(22)20(23)11-16/h4-5,7-11,15,17,24H,6,12H2,1-3H3. The van der Waals surface area contributed by atoms with Crippen LogP contribution in [0.25, 0.3) is 0 Å². The molecule has 26 heavy (non-hydrogen) atoms. The second-order valence-electron chi connectivity index (χ2n) is 6.64. The molecule has 0 spiro atoms. The molecule has 2 aromatic rings. The predicted molar refractivity (Wildman–Crippen MR) is 108 cm³/mol. The van der Waals surface area contributed by atoms with Gasteiger partial charge in [0.25, 0.3) is 0 Å². The Hall–Kier alpha value is -1.68. The zero-order valence-corrected chi connectivity index (χ0v) is 16.7. The summed E-state index contributed by atoms with van der Waals surface area (Å²) in [6, 6.07) is 10.8. The van der Waals surface area contributed by atoms with Crippen molar-refractivity contribution in [2.75, 3.05) is 6.54 Å². The van der Waals surface area contributed by atoms with Crippen LogP contribution < -0.4 is 5.32 Å². The lowest BCUT2D eigenvalue weighted by Gasteiger charge is -2.20. The van der Waals surface area contributed by atoms with E-state index in [4.69, 9.17) is 23.2 Å². The third-order valence-corrected chi connectivity index (χ3v) is 5.10. The number of hydrogen-bond donors (Lipinski definition) is 1. The van der Waals surface area contributed by atoms with E-state index in [1.807, 2.05) is 45.0 Å². The van der Waals surface area contributed by atoms with Crippen molar-refractivity contribution in [2.45, 2.75) is 39.2 Å². The van der Waals surface area contributed by atoms with Gasteiger partial charge >= 0.3 is 0 Å². The molecule has 0 saturated heterocycles. The molecule has 1 N–H and O–H groups in total. The fourth-order valence-corrected chi connectivity index (χ4v) is 3.30. The smallest absolute Gasteiger partial charge is 0.179 e. The molecule has 0 aliphatic rings. The summed E-state index contributed by atoms with van der Waals surface area (Å²) in [6.45, 7) is 6.29. The molecule has 5 heteroatoms. The third kappa shape index (κ3) is 5.41. The monoisotopic (exact) mass is 391 g/mol. The second-order valence-corrected chi connectivity index (χ2v) is 7.46. The fourth-order valence-electron chi connectivity index (χ4n) is 3.00. The number of hydrogen-bond acceptors (Lipinski definition) is 3. The van der Waals surface area contributed by atoms with Gasteiger partial charge in [0.15, 0.2) is 5.78 Å². The first kappa shape index (κ1) is 20.6. The highest BCUT2D eigenvalue weighted by molar-refractivity contribution is 6.42. The van der Waals surface area contributed by atoms with E-state index in [9.17, 15) is 9.59 Å². The number of benzene rings is 2. The van der Waals surface area contributed by atoms with Gasteiger partial charge in [0.2, 0.25) is 0 Å². The summed E-state index contributed by atoms with van der Waals surface area (Å²) in [6.07, 6.45) is 1.22. The maximum Gasteiger partial charge on any atom is 0.179 e. The van der Waals surface area contributed by atoms with Gasteiger partial charge in [-0.2, -0.15) is 0 Å². The van der Waals surface area contributed by atoms with E-state index >= 15 is 0 Å². The number of Topliss-reactive ketones (excluding diaryl/α,β-unsaturated/α-hetero) is 1. The number of aryl methyl sites for hydroxylation is 2. The van der Waals surface area contributed by atoms with Crippen LogP contribution >= 0.6 is 23.2 Å². The van der Waals surface area contributed by atoms with Crippen molar-refractivity contribution >= 4 is 35.3 Å². The summed E-state index contributed by atoms with van der Waals surface area (Å²) in [5.41, 5.74) is 3.75. The second kappa shape index (κ2) is 9.31. The number of rotatable bonds is 8. The largest absolute Gasteiger partial charge is 0.307 e. The summed E-state index contributed by atoms with van der Waals surface area (Å²) in [4.78, 5) is 23.7. The summed E-state index contributed by atoms with van der Waals surface area (Å²) in [5, 5.41) is 4.19. The Morgan fingerprint density at radius 3 is 2.31 bits per heavy atom. The predicted octanol–water partition coefficient (Wildman–Crippen LogP) is 5.14. The van der Waals surface area contributed by atoms with E-state index in [0.717, 1.165) is 23.0 Å². The molecule has 0 aliphatic carbocycles. The van der Waals surface area contributed by atoms with Crippen molar-refractivity contribution in [1.29, 1.82) is 0 Å². The number of carbonyl (C=O) groups excluding carboxylic acids is 2. The molecule has 138 valence electrons.